The zero-order chi connectivity index (χ0) is 20.8. The molecule has 10 nitrogen and oxygen atoms in total. The molecule has 11 heteroatoms. The lowest BCUT2D eigenvalue weighted by Crippen LogP contribution is -2.33. The van der Waals surface area contributed by atoms with E-state index < -0.39 is 48.6 Å². The van der Waals surface area contributed by atoms with E-state index in [-0.39, 0.29) is 22.3 Å². The van der Waals surface area contributed by atoms with E-state index in [1.165, 1.54) is 6.07 Å². The third-order valence-electron chi connectivity index (χ3n) is 4.87. The van der Waals surface area contributed by atoms with Crippen LogP contribution in [0.25, 0.3) is 5.70 Å². The fourth-order valence-corrected chi connectivity index (χ4v) is 6.62. The van der Waals surface area contributed by atoms with Crippen LogP contribution in [0.2, 0.25) is 0 Å². The maximum Gasteiger partial charge on any atom is 0.344 e. The van der Waals surface area contributed by atoms with Gasteiger partial charge in [0, 0.05) is 4.90 Å². The molecule has 1 aliphatic heterocycles. The van der Waals surface area contributed by atoms with Crippen LogP contribution in [0.15, 0.2) is 21.9 Å². The van der Waals surface area contributed by atoms with Crippen LogP contribution < -0.4 is 21.9 Å². The molecule has 0 spiro atoms. The molecule has 1 aliphatic carbocycles. The van der Waals surface area contributed by atoms with Gasteiger partial charge in [0.2, 0.25) is 0 Å². The van der Waals surface area contributed by atoms with E-state index in [0.29, 0.717) is 0 Å². The summed E-state index contributed by atoms with van der Waals surface area (Å²) in [4.78, 5) is 47.3. The van der Waals surface area contributed by atoms with Crippen molar-refractivity contribution in [3.8, 4) is 5.75 Å². The zero-order valence-corrected chi connectivity index (χ0v) is 15.5. The summed E-state index contributed by atoms with van der Waals surface area (Å²) in [5, 5.41) is 16.6. The Morgan fingerprint density at radius 3 is 2.04 bits per heavy atom. The predicted molar refractivity (Wildman–Crippen MR) is 100 cm³/mol. The van der Waals surface area contributed by atoms with Gasteiger partial charge in [-0.25, -0.2) is 9.59 Å². The summed E-state index contributed by atoms with van der Waals surface area (Å²) < 4.78 is 5.91. The molecule has 28 heavy (non-hydrogen) atoms. The fourth-order valence-electron chi connectivity index (χ4n) is 3.72. The Balaban J connectivity index is 2.40. The first-order chi connectivity index (χ1) is 13.1. The highest BCUT2D eigenvalue weighted by atomic mass is 32.3. The first-order valence-electron chi connectivity index (χ1n) is 8.36. The van der Waals surface area contributed by atoms with Crippen molar-refractivity contribution in [2.75, 3.05) is 0 Å². The Hall–Kier alpha value is -3.21. The Bertz CT molecular complexity index is 936. The molecule has 2 aliphatic rings. The van der Waals surface area contributed by atoms with Crippen LogP contribution in [-0.4, -0.2) is 38.7 Å². The maximum atomic E-state index is 12.4. The molecule has 0 unspecified atom stereocenters. The van der Waals surface area contributed by atoms with Crippen molar-refractivity contribution >= 4 is 38.1 Å². The number of rotatable bonds is 4. The monoisotopic (exact) mass is 409 g/mol. The number of carboxylic acid groups (broad SMARTS) is 2. The van der Waals surface area contributed by atoms with E-state index in [1.807, 2.05) is 0 Å². The molecule has 0 atom stereocenters. The van der Waals surface area contributed by atoms with Crippen molar-refractivity contribution in [1.29, 1.82) is 0 Å². The minimum Gasteiger partial charge on any atom is -0.490 e. The van der Waals surface area contributed by atoms with Crippen molar-refractivity contribution in [2.24, 2.45) is 17.2 Å². The highest BCUT2D eigenvalue weighted by Crippen LogP contribution is 2.71. The van der Waals surface area contributed by atoms with Crippen LogP contribution in [0.1, 0.15) is 41.6 Å². The zero-order valence-electron chi connectivity index (χ0n) is 14.6. The van der Waals surface area contributed by atoms with Crippen LogP contribution >= 0.6 is 10.0 Å². The number of aliphatic carboxylic acids is 1. The second-order valence-electron chi connectivity index (χ2n) is 6.44. The largest absolute Gasteiger partial charge is 0.490 e. The van der Waals surface area contributed by atoms with Crippen molar-refractivity contribution < 1.29 is 34.1 Å². The van der Waals surface area contributed by atoms with Gasteiger partial charge >= 0.3 is 11.9 Å². The molecule has 2 amide bonds. The maximum absolute atomic E-state index is 12.4. The number of hydrogen-bond acceptors (Lipinski definition) is 6. The summed E-state index contributed by atoms with van der Waals surface area (Å²) in [5.41, 5.74) is 15.9. The number of ether oxygens (including phenoxy) is 1. The number of hydrogen-bond donors (Lipinski definition) is 5. The molecule has 8 N–H and O–H groups in total. The highest BCUT2D eigenvalue weighted by molar-refractivity contribution is 8.58. The Morgan fingerprint density at radius 2 is 1.57 bits per heavy atom. The van der Waals surface area contributed by atoms with Gasteiger partial charge in [0.1, 0.15) is 10.7 Å². The third-order valence-corrected chi connectivity index (χ3v) is 8.12. The number of carbonyl (C=O) groups excluding carboxylic acids is 2. The molecular formula is C17H19N3O7S. The van der Waals surface area contributed by atoms with Crippen LogP contribution in [-0.2, 0) is 4.79 Å². The minimum absolute atomic E-state index is 0.0972. The second-order valence-corrected chi connectivity index (χ2v) is 9.29. The summed E-state index contributed by atoms with van der Waals surface area (Å²) >= 11 is 0. The van der Waals surface area contributed by atoms with E-state index in [1.54, 1.807) is 0 Å². The molecule has 0 radical (unpaired) electrons. The third kappa shape index (κ3) is 2.58. The number of carboxylic acids is 2. The van der Waals surface area contributed by atoms with Gasteiger partial charge in [0.25, 0.3) is 10.5 Å². The molecule has 150 valence electrons. The molecule has 0 bridgehead atoms. The topological polar surface area (TPSA) is 196 Å². The molecule has 1 fully saturated rings. The van der Waals surface area contributed by atoms with E-state index in [4.69, 9.17) is 21.9 Å². The van der Waals surface area contributed by atoms with Gasteiger partial charge in [0.05, 0.1) is 22.9 Å². The summed E-state index contributed by atoms with van der Waals surface area (Å²) in [5.74, 6) is -3.06. The van der Waals surface area contributed by atoms with Gasteiger partial charge in [0.15, 0.2) is 0 Å². The van der Waals surface area contributed by atoms with Crippen LogP contribution in [0, 0.1) is 0 Å². The molecule has 1 heterocycles. The van der Waals surface area contributed by atoms with Gasteiger partial charge in [-0.3, -0.25) is 9.59 Å². The number of amides is 2. The molecule has 1 aromatic rings. The van der Waals surface area contributed by atoms with Crippen LogP contribution in [0.5, 0.6) is 5.75 Å². The highest BCUT2D eigenvalue weighted by Gasteiger charge is 2.55. The molecule has 1 saturated carbocycles. The van der Waals surface area contributed by atoms with E-state index in [9.17, 15) is 29.4 Å². The van der Waals surface area contributed by atoms with Crippen molar-refractivity contribution in [3.05, 3.63) is 28.2 Å². The lowest BCUT2D eigenvalue weighted by Gasteiger charge is -2.31. The average molecular weight is 409 g/mol. The lowest BCUT2D eigenvalue weighted by atomic mass is 10.1. The van der Waals surface area contributed by atoms with Crippen LogP contribution in [0.4, 0.5) is 9.59 Å². The van der Waals surface area contributed by atoms with Gasteiger partial charge in [-0.2, -0.15) is 0 Å². The minimum atomic E-state index is -3.90. The quantitative estimate of drug-likeness (QED) is 0.495. The number of primary amides is 2. The van der Waals surface area contributed by atoms with Crippen LogP contribution in [0.3, 0.4) is 0 Å². The fraction of sp³-hybridized carbons (Fsp3) is 0.294. The lowest BCUT2D eigenvalue weighted by molar-refractivity contribution is -0.131. The van der Waals surface area contributed by atoms with E-state index >= 15 is 0 Å². The SMILES string of the molecule is NC(=O)S1(C(N)=O)C(C(=O)O)=C(N)c2c(OC3CCCC3)ccc(C(=O)O)c21. The normalized spacial score (nSPS) is 19.1. The summed E-state index contributed by atoms with van der Waals surface area (Å²) in [6, 6.07) is 2.47. The molecular weight excluding hydrogens is 390 g/mol. The standard InChI is InChI=1S/C17H19N3O7S/c18-11-10-9(27-7-3-1-2-4-7)6-5-8(14(21)22)12(10)28(16(19)25,17(20)26)13(11)15(23)24/h5-7H,1-4,18H2,(H2,19,25)(H2,20,26)(H,21,22)(H,23,24). The first kappa shape index (κ1) is 19.5. The van der Waals surface area contributed by atoms with E-state index in [2.05, 4.69) is 0 Å². The summed E-state index contributed by atoms with van der Waals surface area (Å²) in [7, 11) is -3.90. The molecule has 0 saturated heterocycles. The van der Waals surface area contributed by atoms with Gasteiger partial charge < -0.3 is 32.2 Å². The van der Waals surface area contributed by atoms with Gasteiger partial charge in [-0.15, -0.1) is 0 Å². The average Bonchev–Trinajstić information content (AvgIpc) is 3.19. The number of nitrogens with two attached hydrogens (primary N) is 3. The molecule has 3 rings (SSSR count). The Kier molecular flexibility index (Phi) is 4.71. The first-order valence-corrected chi connectivity index (χ1v) is 10.00. The van der Waals surface area contributed by atoms with Gasteiger partial charge in [-0.05, 0) is 47.8 Å². The van der Waals surface area contributed by atoms with Crippen molar-refractivity contribution in [3.63, 3.8) is 0 Å². The summed E-state index contributed by atoms with van der Waals surface area (Å²) in [6.45, 7) is 0. The number of benzene rings is 1. The van der Waals surface area contributed by atoms with Gasteiger partial charge in [-0.1, -0.05) is 0 Å². The van der Waals surface area contributed by atoms with Crippen molar-refractivity contribution in [1.82, 2.24) is 0 Å². The number of fused-ring (bicyclic) bond motifs is 1. The summed E-state index contributed by atoms with van der Waals surface area (Å²) in [6.07, 6.45) is 3.24. The number of aromatic carboxylic acids is 1. The van der Waals surface area contributed by atoms with Crippen molar-refractivity contribution in [2.45, 2.75) is 36.7 Å². The number of carbonyl (C=O) groups is 4. The Labute approximate surface area is 160 Å². The van der Waals surface area contributed by atoms with E-state index in [0.717, 1.165) is 31.7 Å². The smallest absolute Gasteiger partial charge is 0.344 e. The molecule has 0 aromatic heterocycles. The predicted octanol–water partition coefficient (Wildman–Crippen LogP) is 1.75. The Morgan fingerprint density at radius 1 is 1.00 bits per heavy atom. The second kappa shape index (κ2) is 6.75. The molecule has 1 aromatic carbocycles.